The molecule has 0 bridgehead atoms. The molecule has 1 N–H and O–H groups in total. The molecule has 3 aliphatic rings. The molecule has 1 aromatic carbocycles. The van der Waals surface area contributed by atoms with Gasteiger partial charge in [-0.2, -0.15) is 0 Å². The summed E-state index contributed by atoms with van der Waals surface area (Å²) in [6.07, 6.45) is 7.42. The number of rotatable bonds is 3. The van der Waals surface area contributed by atoms with Crippen LogP contribution in [-0.4, -0.2) is 47.2 Å². The number of aliphatic hydroxyl groups excluding tert-OH is 1. The Labute approximate surface area is 165 Å². The maximum atomic E-state index is 11.6. The van der Waals surface area contributed by atoms with Crippen molar-refractivity contribution in [3.63, 3.8) is 0 Å². The van der Waals surface area contributed by atoms with E-state index in [0.717, 1.165) is 52.0 Å². The monoisotopic (exact) mass is 380 g/mol. The highest BCUT2D eigenvalue weighted by molar-refractivity contribution is 7.09. The first kappa shape index (κ1) is 17.6. The fourth-order valence-electron chi connectivity index (χ4n) is 5.45. The Morgan fingerprint density at radius 3 is 2.63 bits per heavy atom. The van der Waals surface area contributed by atoms with Gasteiger partial charge in [0.25, 0.3) is 0 Å². The summed E-state index contributed by atoms with van der Waals surface area (Å²) < 4.78 is 0. The van der Waals surface area contributed by atoms with Crippen LogP contribution >= 0.6 is 11.3 Å². The largest absolute Gasteiger partial charge is 0.390 e. The van der Waals surface area contributed by atoms with Crippen LogP contribution in [0.3, 0.4) is 0 Å². The Balaban J connectivity index is 1.40. The molecule has 2 aromatic rings. The average Bonchev–Trinajstić information content (AvgIpc) is 3.30. The minimum atomic E-state index is -0.301. The Bertz CT molecular complexity index is 808. The van der Waals surface area contributed by atoms with E-state index >= 15 is 0 Å². The molecule has 0 radical (unpaired) electrons. The molecule has 0 unspecified atom stereocenters. The Hall–Kier alpha value is -1.46. The Kier molecular flexibility index (Phi) is 4.68. The van der Waals surface area contributed by atoms with E-state index < -0.39 is 0 Å². The predicted octanol–water partition coefficient (Wildman–Crippen LogP) is 3.96. The smallest absolute Gasteiger partial charge is 0.0834 e. The van der Waals surface area contributed by atoms with Crippen molar-refractivity contribution in [1.29, 1.82) is 0 Å². The van der Waals surface area contributed by atoms with Crippen LogP contribution in [0, 0.1) is 0 Å². The predicted molar refractivity (Wildman–Crippen MR) is 111 cm³/mol. The minimum Gasteiger partial charge on any atom is -0.390 e. The molecule has 0 amide bonds. The quantitative estimate of drug-likeness (QED) is 0.817. The van der Waals surface area contributed by atoms with Crippen molar-refractivity contribution >= 4 is 11.3 Å². The summed E-state index contributed by atoms with van der Waals surface area (Å²) in [7, 11) is 0. The number of thiophene rings is 1. The summed E-state index contributed by atoms with van der Waals surface area (Å²) >= 11 is 1.84. The second kappa shape index (κ2) is 7.17. The summed E-state index contributed by atoms with van der Waals surface area (Å²) in [6, 6.07) is 13.4. The standard InChI is InChI=1S/C23H28N2OS/c26-22-21(25-12-4-1-5-13-25)19-8-2-3-9-20(19)23(22)10-14-24(15-11-23)17-18-7-6-16-27-18/h1-4,6-9,16,21-22,26H,5,10-15,17H2/t21-,22+/m1/s1. The maximum absolute atomic E-state index is 11.6. The van der Waals surface area contributed by atoms with E-state index in [-0.39, 0.29) is 17.6 Å². The Morgan fingerprint density at radius 1 is 1.04 bits per heavy atom. The van der Waals surface area contributed by atoms with Gasteiger partial charge in [0.2, 0.25) is 0 Å². The SMILES string of the molecule is O[C@H]1[C@H](N2CC=CCC2)c2ccccc2C12CCN(Cc1cccs1)CC2. The second-order valence-corrected chi connectivity index (χ2v) is 9.28. The molecular formula is C23H28N2OS. The maximum Gasteiger partial charge on any atom is 0.0834 e. The number of piperidine rings is 1. The van der Waals surface area contributed by atoms with Gasteiger partial charge < -0.3 is 5.11 Å². The first-order valence-corrected chi connectivity index (χ1v) is 11.1. The van der Waals surface area contributed by atoms with Crippen LogP contribution in [0.5, 0.6) is 0 Å². The van der Waals surface area contributed by atoms with Crippen molar-refractivity contribution in [3.05, 3.63) is 69.9 Å². The van der Waals surface area contributed by atoms with Crippen molar-refractivity contribution in [2.75, 3.05) is 26.2 Å². The summed E-state index contributed by atoms with van der Waals surface area (Å²) in [4.78, 5) is 6.48. The van der Waals surface area contributed by atoms with Crippen molar-refractivity contribution in [2.45, 2.75) is 43.4 Å². The molecule has 142 valence electrons. The van der Waals surface area contributed by atoms with Gasteiger partial charge in [-0.25, -0.2) is 0 Å². The highest BCUT2D eigenvalue weighted by Crippen LogP contribution is 2.53. The van der Waals surface area contributed by atoms with E-state index in [1.807, 2.05) is 11.3 Å². The fraction of sp³-hybridized carbons (Fsp3) is 0.478. The lowest BCUT2D eigenvalue weighted by Gasteiger charge is -2.44. The number of benzene rings is 1. The van der Waals surface area contributed by atoms with Crippen LogP contribution < -0.4 is 0 Å². The van der Waals surface area contributed by atoms with Gasteiger partial charge in [-0.05, 0) is 54.9 Å². The lowest BCUT2D eigenvalue weighted by atomic mass is 9.72. The summed E-state index contributed by atoms with van der Waals surface area (Å²) in [5.41, 5.74) is 2.70. The third-order valence-corrected chi connectivity index (χ3v) is 7.73. The first-order chi connectivity index (χ1) is 13.3. The number of likely N-dealkylation sites (tertiary alicyclic amines) is 1. The van der Waals surface area contributed by atoms with Gasteiger partial charge in [0.15, 0.2) is 0 Å². The minimum absolute atomic E-state index is 0.0750. The summed E-state index contributed by atoms with van der Waals surface area (Å²) in [5, 5.41) is 13.8. The molecule has 27 heavy (non-hydrogen) atoms. The van der Waals surface area contributed by atoms with E-state index in [2.05, 4.69) is 63.7 Å². The zero-order chi connectivity index (χ0) is 18.3. The number of nitrogens with zero attached hydrogens (tertiary/aromatic N) is 2. The molecule has 2 aliphatic heterocycles. The van der Waals surface area contributed by atoms with E-state index in [1.165, 1.54) is 16.0 Å². The summed E-state index contributed by atoms with van der Waals surface area (Å²) in [6.45, 7) is 5.18. The van der Waals surface area contributed by atoms with E-state index in [1.54, 1.807) is 0 Å². The average molecular weight is 381 g/mol. The fourth-order valence-corrected chi connectivity index (χ4v) is 6.19. The van der Waals surface area contributed by atoms with Gasteiger partial charge in [0.1, 0.15) is 0 Å². The molecule has 4 heteroatoms. The molecule has 3 heterocycles. The van der Waals surface area contributed by atoms with Gasteiger partial charge in [0.05, 0.1) is 12.1 Å². The zero-order valence-electron chi connectivity index (χ0n) is 15.8. The van der Waals surface area contributed by atoms with Crippen molar-refractivity contribution in [3.8, 4) is 0 Å². The second-order valence-electron chi connectivity index (χ2n) is 8.24. The van der Waals surface area contributed by atoms with Gasteiger partial charge in [-0.1, -0.05) is 42.5 Å². The van der Waals surface area contributed by atoms with Crippen molar-refractivity contribution in [1.82, 2.24) is 9.80 Å². The van der Waals surface area contributed by atoms with Gasteiger partial charge in [-0.15, -0.1) is 11.3 Å². The molecule has 1 saturated heterocycles. The van der Waals surface area contributed by atoms with Crippen LogP contribution in [0.1, 0.15) is 41.3 Å². The molecule has 1 aromatic heterocycles. The van der Waals surface area contributed by atoms with Crippen molar-refractivity contribution < 1.29 is 5.11 Å². The molecule has 1 aliphatic carbocycles. The summed E-state index contributed by atoms with van der Waals surface area (Å²) in [5.74, 6) is 0. The highest BCUT2D eigenvalue weighted by atomic mass is 32.1. The van der Waals surface area contributed by atoms with Crippen LogP contribution in [0.4, 0.5) is 0 Å². The number of hydrogen-bond acceptors (Lipinski definition) is 4. The number of fused-ring (bicyclic) bond motifs is 2. The van der Waals surface area contributed by atoms with Crippen LogP contribution in [-0.2, 0) is 12.0 Å². The molecule has 0 saturated carbocycles. The van der Waals surface area contributed by atoms with Gasteiger partial charge in [0, 0.05) is 29.9 Å². The lowest BCUT2D eigenvalue weighted by molar-refractivity contribution is -0.0140. The van der Waals surface area contributed by atoms with Gasteiger partial charge in [-0.3, -0.25) is 9.80 Å². The van der Waals surface area contributed by atoms with Crippen LogP contribution in [0.15, 0.2) is 53.9 Å². The topological polar surface area (TPSA) is 26.7 Å². The Morgan fingerprint density at radius 2 is 1.89 bits per heavy atom. The molecule has 5 rings (SSSR count). The van der Waals surface area contributed by atoms with E-state index in [9.17, 15) is 5.11 Å². The molecule has 3 nitrogen and oxygen atoms in total. The number of aliphatic hydroxyl groups is 1. The van der Waals surface area contributed by atoms with Crippen LogP contribution in [0.25, 0.3) is 0 Å². The third kappa shape index (κ3) is 2.99. The third-order valence-electron chi connectivity index (χ3n) is 6.87. The van der Waals surface area contributed by atoms with Crippen molar-refractivity contribution in [2.24, 2.45) is 0 Å². The van der Waals surface area contributed by atoms with E-state index in [0.29, 0.717) is 0 Å². The number of hydrogen-bond donors (Lipinski definition) is 1. The zero-order valence-corrected chi connectivity index (χ0v) is 16.6. The molecular weight excluding hydrogens is 352 g/mol. The molecule has 1 spiro atoms. The normalized spacial score (nSPS) is 27.9. The van der Waals surface area contributed by atoms with Gasteiger partial charge >= 0.3 is 0 Å². The molecule has 2 atom stereocenters. The van der Waals surface area contributed by atoms with Crippen LogP contribution in [0.2, 0.25) is 0 Å². The lowest BCUT2D eigenvalue weighted by Crippen LogP contribution is -2.49. The highest BCUT2D eigenvalue weighted by Gasteiger charge is 2.53. The first-order valence-electron chi connectivity index (χ1n) is 10.2. The molecule has 1 fully saturated rings. The van der Waals surface area contributed by atoms with E-state index in [4.69, 9.17) is 0 Å².